The number of nitrogens with zero attached hydrogens (tertiary/aromatic N) is 1. The molecule has 0 fully saturated rings. The first-order valence-electron chi connectivity index (χ1n) is 5.71. The minimum atomic E-state index is 0.129. The molecule has 0 aliphatic rings. The number of hydrogen-bond donors (Lipinski definition) is 1. The van der Waals surface area contributed by atoms with Crippen LogP contribution in [0.5, 0.6) is 0 Å². The smallest absolute Gasteiger partial charge is 0.222 e. The molecule has 0 aliphatic heterocycles. The molecule has 1 aromatic carbocycles. The number of nitrogens with two attached hydrogens (primary N) is 1. The Morgan fingerprint density at radius 2 is 2.24 bits per heavy atom. The van der Waals surface area contributed by atoms with E-state index in [1.165, 1.54) is 0 Å². The average Bonchev–Trinajstić information content (AvgIpc) is 2.29. The Bertz CT molecular complexity index is 366. The van der Waals surface area contributed by atoms with Crippen LogP contribution in [0.25, 0.3) is 0 Å². The number of carbonyl (C=O) groups excluding carboxylic acids is 1. The topological polar surface area (TPSA) is 55.6 Å². The maximum Gasteiger partial charge on any atom is 0.222 e. The number of carbonyl (C=O) groups is 1. The number of anilines is 1. The maximum atomic E-state index is 11.7. The lowest BCUT2D eigenvalue weighted by molar-refractivity contribution is -0.130. The monoisotopic (exact) mass is 236 g/mol. The zero-order valence-corrected chi connectivity index (χ0v) is 10.5. The predicted octanol–water partition coefficient (Wildman–Crippen LogP) is 1.65. The molecule has 0 atom stereocenters. The highest BCUT2D eigenvalue weighted by Gasteiger charge is 2.08. The molecule has 1 amide bonds. The SMILES string of the molecule is COCCCC(=O)N(C)Cc1cccc(N)c1. The molecular formula is C13H20N2O2. The lowest BCUT2D eigenvalue weighted by Gasteiger charge is -2.17. The molecule has 0 saturated heterocycles. The van der Waals surface area contributed by atoms with Crippen molar-refractivity contribution in [1.82, 2.24) is 4.90 Å². The summed E-state index contributed by atoms with van der Waals surface area (Å²) in [6, 6.07) is 7.59. The lowest BCUT2D eigenvalue weighted by atomic mass is 10.2. The third-order valence-electron chi connectivity index (χ3n) is 2.54. The van der Waals surface area contributed by atoms with E-state index in [4.69, 9.17) is 10.5 Å². The Labute approximate surface area is 102 Å². The van der Waals surface area contributed by atoms with Gasteiger partial charge >= 0.3 is 0 Å². The lowest BCUT2D eigenvalue weighted by Crippen LogP contribution is -2.26. The van der Waals surface area contributed by atoms with Crippen molar-refractivity contribution in [3.63, 3.8) is 0 Å². The summed E-state index contributed by atoms with van der Waals surface area (Å²) in [5.41, 5.74) is 7.46. The molecule has 1 aromatic rings. The van der Waals surface area contributed by atoms with Crippen molar-refractivity contribution in [2.45, 2.75) is 19.4 Å². The summed E-state index contributed by atoms with van der Waals surface area (Å²) in [5, 5.41) is 0. The van der Waals surface area contributed by atoms with Gasteiger partial charge in [0, 0.05) is 39.4 Å². The first-order chi connectivity index (χ1) is 8.13. The highest BCUT2D eigenvalue weighted by molar-refractivity contribution is 5.75. The summed E-state index contributed by atoms with van der Waals surface area (Å²) >= 11 is 0. The molecule has 0 aromatic heterocycles. The average molecular weight is 236 g/mol. The van der Waals surface area contributed by atoms with E-state index in [9.17, 15) is 4.79 Å². The van der Waals surface area contributed by atoms with Gasteiger partial charge < -0.3 is 15.4 Å². The molecular weight excluding hydrogens is 216 g/mol. The van der Waals surface area contributed by atoms with E-state index in [1.807, 2.05) is 24.3 Å². The van der Waals surface area contributed by atoms with Gasteiger partial charge in [0.2, 0.25) is 5.91 Å². The number of benzene rings is 1. The van der Waals surface area contributed by atoms with Gasteiger partial charge in [0.15, 0.2) is 0 Å². The third kappa shape index (κ3) is 4.87. The van der Waals surface area contributed by atoms with Crippen molar-refractivity contribution in [2.24, 2.45) is 0 Å². The van der Waals surface area contributed by atoms with Crippen LogP contribution >= 0.6 is 0 Å². The van der Waals surface area contributed by atoms with Gasteiger partial charge in [-0.05, 0) is 24.1 Å². The summed E-state index contributed by atoms with van der Waals surface area (Å²) in [4.78, 5) is 13.5. The van der Waals surface area contributed by atoms with Crippen molar-refractivity contribution in [2.75, 3.05) is 26.5 Å². The van der Waals surface area contributed by atoms with Gasteiger partial charge in [-0.15, -0.1) is 0 Å². The van der Waals surface area contributed by atoms with Crippen LogP contribution in [-0.4, -0.2) is 31.6 Å². The highest BCUT2D eigenvalue weighted by Crippen LogP contribution is 2.09. The Kier molecular flexibility index (Phi) is 5.49. The second-order valence-corrected chi connectivity index (χ2v) is 4.09. The van der Waals surface area contributed by atoms with E-state index < -0.39 is 0 Å². The van der Waals surface area contributed by atoms with Gasteiger partial charge in [0.1, 0.15) is 0 Å². The maximum absolute atomic E-state index is 11.7. The van der Waals surface area contributed by atoms with Gasteiger partial charge in [0.05, 0.1) is 0 Å². The molecule has 0 heterocycles. The summed E-state index contributed by atoms with van der Waals surface area (Å²) < 4.78 is 4.92. The van der Waals surface area contributed by atoms with Crippen LogP contribution in [0, 0.1) is 0 Å². The van der Waals surface area contributed by atoms with Crippen LogP contribution in [0.4, 0.5) is 5.69 Å². The zero-order chi connectivity index (χ0) is 12.7. The molecule has 94 valence electrons. The fourth-order valence-electron chi connectivity index (χ4n) is 1.61. The highest BCUT2D eigenvalue weighted by atomic mass is 16.5. The molecule has 17 heavy (non-hydrogen) atoms. The van der Waals surface area contributed by atoms with Crippen LogP contribution in [0.3, 0.4) is 0 Å². The van der Waals surface area contributed by atoms with Crippen molar-refractivity contribution in [3.05, 3.63) is 29.8 Å². The van der Waals surface area contributed by atoms with Gasteiger partial charge in [-0.1, -0.05) is 12.1 Å². The van der Waals surface area contributed by atoms with E-state index in [-0.39, 0.29) is 5.91 Å². The quantitative estimate of drug-likeness (QED) is 0.603. The molecule has 4 heteroatoms. The number of rotatable bonds is 6. The molecule has 0 spiro atoms. The minimum Gasteiger partial charge on any atom is -0.399 e. The predicted molar refractivity (Wildman–Crippen MR) is 68.4 cm³/mol. The van der Waals surface area contributed by atoms with E-state index in [0.717, 1.165) is 17.7 Å². The number of hydrogen-bond acceptors (Lipinski definition) is 3. The first kappa shape index (κ1) is 13.5. The number of amides is 1. The summed E-state index contributed by atoms with van der Waals surface area (Å²) in [6.07, 6.45) is 1.28. The number of nitrogen functional groups attached to an aromatic ring is 1. The molecule has 0 bridgehead atoms. The van der Waals surface area contributed by atoms with Crippen LogP contribution in [0.1, 0.15) is 18.4 Å². The molecule has 0 radical (unpaired) electrons. The van der Waals surface area contributed by atoms with Crippen molar-refractivity contribution >= 4 is 11.6 Å². The summed E-state index contributed by atoms with van der Waals surface area (Å²) in [7, 11) is 3.44. The third-order valence-corrected chi connectivity index (χ3v) is 2.54. The Morgan fingerprint density at radius 1 is 1.47 bits per heavy atom. The summed E-state index contributed by atoms with van der Waals surface area (Å²) in [5.74, 6) is 0.129. The number of ether oxygens (including phenoxy) is 1. The van der Waals surface area contributed by atoms with Gasteiger partial charge in [-0.2, -0.15) is 0 Å². The molecule has 0 aliphatic carbocycles. The first-order valence-corrected chi connectivity index (χ1v) is 5.71. The van der Waals surface area contributed by atoms with Crippen LogP contribution < -0.4 is 5.73 Å². The second-order valence-electron chi connectivity index (χ2n) is 4.09. The Morgan fingerprint density at radius 3 is 2.88 bits per heavy atom. The van der Waals surface area contributed by atoms with Gasteiger partial charge in [-0.25, -0.2) is 0 Å². The number of methoxy groups -OCH3 is 1. The standard InChI is InChI=1S/C13H20N2O2/c1-15(13(16)7-4-8-17-2)10-11-5-3-6-12(14)9-11/h3,5-6,9H,4,7-8,10,14H2,1-2H3. The molecule has 0 saturated carbocycles. The minimum absolute atomic E-state index is 0.129. The van der Waals surface area contributed by atoms with E-state index in [0.29, 0.717) is 19.6 Å². The molecule has 4 nitrogen and oxygen atoms in total. The Hall–Kier alpha value is -1.55. The zero-order valence-electron chi connectivity index (χ0n) is 10.5. The van der Waals surface area contributed by atoms with Crippen LogP contribution in [0.2, 0.25) is 0 Å². The van der Waals surface area contributed by atoms with Crippen LogP contribution in [-0.2, 0) is 16.1 Å². The van der Waals surface area contributed by atoms with Crippen molar-refractivity contribution in [3.8, 4) is 0 Å². The fraction of sp³-hybridized carbons (Fsp3) is 0.462. The van der Waals surface area contributed by atoms with Crippen LogP contribution in [0.15, 0.2) is 24.3 Å². The summed E-state index contributed by atoms with van der Waals surface area (Å²) in [6.45, 7) is 1.22. The van der Waals surface area contributed by atoms with Crippen molar-refractivity contribution in [1.29, 1.82) is 0 Å². The molecule has 0 unspecified atom stereocenters. The molecule has 2 N–H and O–H groups in total. The van der Waals surface area contributed by atoms with Gasteiger partial charge in [0.25, 0.3) is 0 Å². The van der Waals surface area contributed by atoms with E-state index in [2.05, 4.69) is 0 Å². The normalized spacial score (nSPS) is 10.2. The fourth-order valence-corrected chi connectivity index (χ4v) is 1.61. The van der Waals surface area contributed by atoms with E-state index in [1.54, 1.807) is 19.1 Å². The molecule has 1 rings (SSSR count). The van der Waals surface area contributed by atoms with Gasteiger partial charge in [-0.3, -0.25) is 4.79 Å². The van der Waals surface area contributed by atoms with Crippen molar-refractivity contribution < 1.29 is 9.53 Å². The second kappa shape index (κ2) is 6.91. The largest absolute Gasteiger partial charge is 0.399 e. The van der Waals surface area contributed by atoms with E-state index >= 15 is 0 Å². The Balaban J connectivity index is 2.43.